The van der Waals surface area contributed by atoms with Crippen molar-refractivity contribution in [1.82, 2.24) is 10.2 Å². The largest absolute Gasteiger partial charge is 0.401 e. The monoisotopic (exact) mass is 224 g/mol. The number of halogens is 3. The lowest BCUT2D eigenvalue weighted by atomic mass is 10.1. The summed E-state index contributed by atoms with van der Waals surface area (Å²) in [4.78, 5) is 1.43. The van der Waals surface area contributed by atoms with Crippen LogP contribution in [-0.4, -0.2) is 43.3 Å². The third-order valence-electron chi connectivity index (χ3n) is 2.94. The zero-order valence-corrected chi connectivity index (χ0v) is 9.27. The van der Waals surface area contributed by atoms with Gasteiger partial charge in [-0.05, 0) is 26.4 Å². The average molecular weight is 224 g/mol. The summed E-state index contributed by atoms with van der Waals surface area (Å²) in [6.45, 7) is 2.00. The summed E-state index contributed by atoms with van der Waals surface area (Å²) >= 11 is 0. The molecule has 2 atom stereocenters. The SMILES string of the molecule is CCNC1CCCC1N(C)CC(F)(F)F. The number of nitrogens with one attached hydrogen (secondary N) is 1. The lowest BCUT2D eigenvalue weighted by Gasteiger charge is -2.30. The molecule has 5 heteroatoms. The first-order chi connectivity index (χ1) is 6.94. The smallest absolute Gasteiger partial charge is 0.313 e. The van der Waals surface area contributed by atoms with Crippen molar-refractivity contribution in [3.63, 3.8) is 0 Å². The molecule has 2 nitrogen and oxygen atoms in total. The van der Waals surface area contributed by atoms with Gasteiger partial charge in [-0.2, -0.15) is 13.2 Å². The molecule has 1 N–H and O–H groups in total. The summed E-state index contributed by atoms with van der Waals surface area (Å²) in [5, 5.41) is 3.25. The Labute approximate surface area is 88.8 Å². The molecule has 1 rings (SSSR count). The second-order valence-corrected chi connectivity index (χ2v) is 4.19. The van der Waals surface area contributed by atoms with Gasteiger partial charge >= 0.3 is 6.18 Å². The molecule has 1 saturated carbocycles. The van der Waals surface area contributed by atoms with E-state index in [0.29, 0.717) is 0 Å². The highest BCUT2D eigenvalue weighted by Gasteiger charge is 2.36. The van der Waals surface area contributed by atoms with Gasteiger partial charge in [-0.3, -0.25) is 4.90 Å². The predicted octanol–water partition coefficient (Wildman–Crippen LogP) is 2.01. The first-order valence-corrected chi connectivity index (χ1v) is 5.44. The van der Waals surface area contributed by atoms with E-state index >= 15 is 0 Å². The van der Waals surface area contributed by atoms with Crippen LogP contribution >= 0.6 is 0 Å². The lowest BCUT2D eigenvalue weighted by molar-refractivity contribution is -0.147. The van der Waals surface area contributed by atoms with Gasteiger partial charge in [-0.1, -0.05) is 13.3 Å². The quantitative estimate of drug-likeness (QED) is 0.786. The zero-order chi connectivity index (χ0) is 11.5. The van der Waals surface area contributed by atoms with E-state index in [9.17, 15) is 13.2 Å². The molecule has 0 heterocycles. The van der Waals surface area contributed by atoms with Crippen LogP contribution in [0.4, 0.5) is 13.2 Å². The second-order valence-electron chi connectivity index (χ2n) is 4.19. The normalized spacial score (nSPS) is 27.6. The molecule has 1 aliphatic carbocycles. The minimum absolute atomic E-state index is 0.0339. The molecule has 0 saturated heterocycles. The van der Waals surface area contributed by atoms with Crippen molar-refractivity contribution in [3.05, 3.63) is 0 Å². The first-order valence-electron chi connectivity index (χ1n) is 5.44. The molecule has 1 aliphatic rings. The zero-order valence-electron chi connectivity index (χ0n) is 9.27. The molecule has 0 bridgehead atoms. The van der Waals surface area contributed by atoms with Gasteiger partial charge in [0.15, 0.2) is 0 Å². The van der Waals surface area contributed by atoms with Crippen LogP contribution < -0.4 is 5.32 Å². The Morgan fingerprint density at radius 3 is 2.53 bits per heavy atom. The molecule has 0 amide bonds. The van der Waals surface area contributed by atoms with Crippen molar-refractivity contribution in [3.8, 4) is 0 Å². The summed E-state index contributed by atoms with van der Waals surface area (Å²) in [6.07, 6.45) is -1.22. The molecule has 15 heavy (non-hydrogen) atoms. The molecule has 90 valence electrons. The van der Waals surface area contributed by atoms with E-state index in [1.165, 1.54) is 4.90 Å². The molecule has 0 aromatic carbocycles. The summed E-state index contributed by atoms with van der Waals surface area (Å²) in [5.41, 5.74) is 0. The lowest BCUT2D eigenvalue weighted by Crippen LogP contribution is -2.48. The maximum Gasteiger partial charge on any atom is 0.401 e. The van der Waals surface area contributed by atoms with Gasteiger partial charge in [-0.15, -0.1) is 0 Å². The number of nitrogens with zero attached hydrogens (tertiary/aromatic N) is 1. The van der Waals surface area contributed by atoms with Crippen molar-refractivity contribution in [2.45, 2.75) is 44.4 Å². The Bertz CT molecular complexity index is 194. The van der Waals surface area contributed by atoms with Gasteiger partial charge in [0.1, 0.15) is 0 Å². The fourth-order valence-corrected chi connectivity index (χ4v) is 2.37. The van der Waals surface area contributed by atoms with Gasteiger partial charge < -0.3 is 5.32 Å². The molecule has 0 aliphatic heterocycles. The summed E-state index contributed by atoms with van der Waals surface area (Å²) in [7, 11) is 1.56. The van der Waals surface area contributed by atoms with E-state index in [1.54, 1.807) is 7.05 Å². The highest BCUT2D eigenvalue weighted by molar-refractivity contribution is 4.89. The van der Waals surface area contributed by atoms with Crippen LogP contribution in [-0.2, 0) is 0 Å². The van der Waals surface area contributed by atoms with E-state index in [0.717, 1.165) is 25.8 Å². The predicted molar refractivity (Wildman–Crippen MR) is 53.8 cm³/mol. The van der Waals surface area contributed by atoms with Crippen molar-refractivity contribution in [1.29, 1.82) is 0 Å². The van der Waals surface area contributed by atoms with Crippen LogP contribution in [0.15, 0.2) is 0 Å². The Kier molecular flexibility index (Phi) is 4.40. The Balaban J connectivity index is 2.47. The van der Waals surface area contributed by atoms with Crippen molar-refractivity contribution in [2.75, 3.05) is 20.1 Å². The van der Waals surface area contributed by atoms with Crippen LogP contribution in [0.1, 0.15) is 26.2 Å². The minimum Gasteiger partial charge on any atom is -0.313 e. The second kappa shape index (κ2) is 5.16. The number of hydrogen-bond acceptors (Lipinski definition) is 2. The standard InChI is InChI=1S/C10H19F3N2/c1-3-14-8-5-4-6-9(8)15(2)7-10(11,12)13/h8-9,14H,3-7H2,1-2H3. The topological polar surface area (TPSA) is 15.3 Å². The first kappa shape index (κ1) is 12.8. The van der Waals surface area contributed by atoms with E-state index in [-0.39, 0.29) is 12.1 Å². The average Bonchev–Trinajstić information content (AvgIpc) is 2.49. The van der Waals surface area contributed by atoms with Crippen LogP contribution in [0.5, 0.6) is 0 Å². The summed E-state index contributed by atoms with van der Waals surface area (Å²) in [6, 6.07) is 0.258. The van der Waals surface area contributed by atoms with Crippen molar-refractivity contribution < 1.29 is 13.2 Å². The Hall–Kier alpha value is -0.290. The fourth-order valence-electron chi connectivity index (χ4n) is 2.37. The number of likely N-dealkylation sites (N-methyl/N-ethyl adjacent to an activating group) is 2. The van der Waals surface area contributed by atoms with Gasteiger partial charge in [0.05, 0.1) is 6.54 Å². The van der Waals surface area contributed by atoms with Gasteiger partial charge in [0, 0.05) is 12.1 Å². The van der Waals surface area contributed by atoms with E-state index in [1.807, 2.05) is 6.92 Å². The fraction of sp³-hybridized carbons (Fsp3) is 1.00. The van der Waals surface area contributed by atoms with E-state index in [4.69, 9.17) is 0 Å². The van der Waals surface area contributed by atoms with Crippen LogP contribution in [0.3, 0.4) is 0 Å². The molecule has 0 aromatic rings. The minimum atomic E-state index is -4.09. The summed E-state index contributed by atoms with van der Waals surface area (Å²) < 4.78 is 36.6. The third kappa shape index (κ3) is 3.99. The molecule has 1 fully saturated rings. The third-order valence-corrected chi connectivity index (χ3v) is 2.94. The number of rotatable bonds is 4. The highest BCUT2D eigenvalue weighted by Crippen LogP contribution is 2.26. The molecular formula is C10H19F3N2. The highest BCUT2D eigenvalue weighted by atomic mass is 19.4. The maximum atomic E-state index is 12.2. The van der Waals surface area contributed by atoms with Crippen LogP contribution in [0.25, 0.3) is 0 Å². The molecule has 2 unspecified atom stereocenters. The Morgan fingerprint density at radius 2 is 2.00 bits per heavy atom. The molecule has 0 radical (unpaired) electrons. The van der Waals surface area contributed by atoms with Gasteiger partial charge in [-0.25, -0.2) is 0 Å². The van der Waals surface area contributed by atoms with Crippen LogP contribution in [0, 0.1) is 0 Å². The van der Waals surface area contributed by atoms with E-state index in [2.05, 4.69) is 5.32 Å². The van der Waals surface area contributed by atoms with E-state index < -0.39 is 12.7 Å². The molecule has 0 spiro atoms. The molecule has 0 aromatic heterocycles. The maximum absolute atomic E-state index is 12.2. The Morgan fingerprint density at radius 1 is 1.33 bits per heavy atom. The van der Waals surface area contributed by atoms with Gasteiger partial charge in [0.25, 0.3) is 0 Å². The van der Waals surface area contributed by atoms with Crippen molar-refractivity contribution in [2.24, 2.45) is 0 Å². The molecular weight excluding hydrogens is 205 g/mol. The summed E-state index contributed by atoms with van der Waals surface area (Å²) in [5.74, 6) is 0. The van der Waals surface area contributed by atoms with Crippen molar-refractivity contribution >= 4 is 0 Å². The van der Waals surface area contributed by atoms with Crippen LogP contribution in [0.2, 0.25) is 0 Å². The number of hydrogen-bond donors (Lipinski definition) is 1. The van der Waals surface area contributed by atoms with Gasteiger partial charge in [0.2, 0.25) is 0 Å². The number of alkyl halides is 3.